The molecule has 0 fully saturated rings. The number of aliphatic carboxylic acids is 1. The summed E-state index contributed by atoms with van der Waals surface area (Å²) in [4.78, 5) is 26.0. The zero-order valence-electron chi connectivity index (χ0n) is 11.4. The van der Waals surface area contributed by atoms with Gasteiger partial charge in [-0.05, 0) is 5.92 Å². The van der Waals surface area contributed by atoms with Crippen molar-refractivity contribution in [1.29, 1.82) is 0 Å². The molecular weight excluding hydrogens is 258 g/mol. The summed E-state index contributed by atoms with van der Waals surface area (Å²) in [7, 11) is 1.29. The highest BCUT2D eigenvalue weighted by Crippen LogP contribution is 2.14. The zero-order valence-corrected chi connectivity index (χ0v) is 11.4. The van der Waals surface area contributed by atoms with Crippen molar-refractivity contribution in [3.8, 4) is 0 Å². The molecule has 0 heterocycles. The average molecular weight is 277 g/mol. The number of carboxylic acid groups (broad SMARTS) is 1. The fraction of sp³-hybridized carbons (Fsp3) is 0.800. The Labute approximate surface area is 110 Å². The molecule has 9 nitrogen and oxygen atoms in total. The van der Waals surface area contributed by atoms with Gasteiger partial charge in [0.2, 0.25) is 5.28 Å². The van der Waals surface area contributed by atoms with Crippen LogP contribution in [0.5, 0.6) is 0 Å². The number of carbonyl (C=O) groups excluding carboxylic acids is 1. The number of likely N-dealkylation sites (N-methyl/N-ethyl adjacent to an activating group) is 1. The number of rotatable bonds is 8. The van der Waals surface area contributed by atoms with E-state index in [9.17, 15) is 14.8 Å². The number of esters is 1. The van der Waals surface area contributed by atoms with E-state index >= 15 is 0 Å². The predicted molar refractivity (Wildman–Crippen MR) is 62.4 cm³/mol. The summed E-state index contributed by atoms with van der Waals surface area (Å²) in [6.07, 6.45) is 0.587. The van der Waals surface area contributed by atoms with E-state index in [4.69, 9.17) is 5.11 Å². The summed E-state index contributed by atoms with van der Waals surface area (Å²) in [5.41, 5.74) is 0. The second-order valence-corrected chi connectivity index (χ2v) is 3.96. The molecule has 0 amide bonds. The first-order valence-corrected chi connectivity index (χ1v) is 5.70. The average Bonchev–Trinajstić information content (AvgIpc) is 2.33. The molecule has 9 heteroatoms. The first-order chi connectivity index (χ1) is 8.81. The maximum Gasteiger partial charge on any atom is 0.332 e. The van der Waals surface area contributed by atoms with Crippen molar-refractivity contribution in [3.63, 3.8) is 0 Å². The first kappa shape index (κ1) is 16.9. The van der Waals surface area contributed by atoms with E-state index in [1.165, 1.54) is 14.0 Å². The molecule has 1 N–H and O–H groups in total. The summed E-state index contributed by atoms with van der Waals surface area (Å²) in [5, 5.41) is 24.6. The second kappa shape index (κ2) is 8.11. The number of hydrogen-bond acceptors (Lipinski definition) is 6. The number of ether oxygens (including phenoxy) is 1. The Kier molecular flexibility index (Phi) is 7.23. The van der Waals surface area contributed by atoms with Crippen LogP contribution >= 0.6 is 0 Å². The minimum absolute atomic E-state index is 0.00838. The van der Waals surface area contributed by atoms with Crippen molar-refractivity contribution in [3.05, 3.63) is 5.21 Å². The molecule has 0 saturated heterocycles. The molecule has 2 atom stereocenters. The molecule has 19 heavy (non-hydrogen) atoms. The Balaban J connectivity index is 4.57. The van der Waals surface area contributed by atoms with E-state index in [1.807, 2.05) is 6.92 Å². The topological polar surface area (TPSA) is 114 Å². The molecule has 0 aliphatic carbocycles. The van der Waals surface area contributed by atoms with Gasteiger partial charge in [-0.1, -0.05) is 20.3 Å². The van der Waals surface area contributed by atoms with Gasteiger partial charge in [-0.3, -0.25) is 4.79 Å². The quantitative estimate of drug-likeness (QED) is 0.174. The van der Waals surface area contributed by atoms with E-state index < -0.39 is 24.8 Å². The largest absolute Gasteiger partial charge is 0.569 e. The van der Waals surface area contributed by atoms with Crippen LogP contribution in [0.3, 0.4) is 0 Å². The highest BCUT2D eigenvalue weighted by Gasteiger charge is 2.33. The van der Waals surface area contributed by atoms with Crippen LogP contribution in [0.4, 0.5) is 0 Å². The molecule has 0 aromatic rings. The molecule has 0 radical (unpaired) electrons. The number of carboxylic acids is 1. The molecule has 0 aromatic heterocycles. The van der Waals surface area contributed by atoms with E-state index in [2.05, 4.69) is 14.9 Å². The molecule has 0 bridgehead atoms. The summed E-state index contributed by atoms with van der Waals surface area (Å²) in [6, 6.07) is -1.02. The van der Waals surface area contributed by atoms with Crippen molar-refractivity contribution in [1.82, 2.24) is 5.01 Å². The molecule has 110 valence electrons. The number of nitrogens with zero attached hydrogens (tertiary/aromatic N) is 3. The summed E-state index contributed by atoms with van der Waals surface area (Å²) < 4.78 is 4.39. The monoisotopic (exact) mass is 277 g/mol. The lowest BCUT2D eigenvalue weighted by Crippen LogP contribution is -2.46. The standard InChI is InChI=1S/C10H19N3O6/c1-5-7(2)9(10(15)16)12(4)13(17)11-19-6-18-8(3)14/h7,9H,5-6H2,1-4H3,(H,15,16)/b13-11+/t7-,9+/m1/s1. The van der Waals surface area contributed by atoms with Gasteiger partial charge in [-0.25, -0.2) is 4.79 Å². The zero-order chi connectivity index (χ0) is 15.0. The van der Waals surface area contributed by atoms with E-state index in [1.54, 1.807) is 6.92 Å². The van der Waals surface area contributed by atoms with Crippen molar-refractivity contribution in [2.45, 2.75) is 33.2 Å². The molecule has 0 saturated carbocycles. The fourth-order valence-electron chi connectivity index (χ4n) is 1.34. The van der Waals surface area contributed by atoms with Crippen molar-refractivity contribution in [2.75, 3.05) is 13.8 Å². The summed E-state index contributed by atoms with van der Waals surface area (Å²) in [6.45, 7) is 4.19. The van der Waals surface area contributed by atoms with Crippen LogP contribution in [0.2, 0.25) is 0 Å². The molecule has 0 unspecified atom stereocenters. The third-order valence-corrected chi connectivity index (χ3v) is 2.55. The maximum atomic E-state index is 11.5. The summed E-state index contributed by atoms with van der Waals surface area (Å²) in [5.74, 6) is -1.96. The lowest BCUT2D eigenvalue weighted by Gasteiger charge is -2.24. The maximum absolute atomic E-state index is 11.5. The highest BCUT2D eigenvalue weighted by atomic mass is 16.8. The molecule has 0 aliphatic rings. The third-order valence-electron chi connectivity index (χ3n) is 2.55. The van der Waals surface area contributed by atoms with Crippen molar-refractivity contribution >= 4 is 11.9 Å². The second-order valence-electron chi connectivity index (χ2n) is 3.96. The van der Waals surface area contributed by atoms with Gasteiger partial charge >= 0.3 is 11.9 Å². The normalized spacial score (nSPS) is 14.4. The molecule has 0 rings (SSSR count). The molecular formula is C10H19N3O6. The highest BCUT2D eigenvalue weighted by molar-refractivity contribution is 5.73. The van der Waals surface area contributed by atoms with Gasteiger partial charge in [0.1, 0.15) is 0 Å². The van der Waals surface area contributed by atoms with Crippen molar-refractivity contribution < 1.29 is 29.2 Å². The Morgan fingerprint density at radius 2 is 2.11 bits per heavy atom. The van der Waals surface area contributed by atoms with Gasteiger partial charge in [0, 0.05) is 6.92 Å². The first-order valence-electron chi connectivity index (χ1n) is 5.70. The van der Waals surface area contributed by atoms with Crippen LogP contribution in [0.1, 0.15) is 27.2 Å². The minimum atomic E-state index is -1.13. The van der Waals surface area contributed by atoms with Crippen LogP contribution in [0.15, 0.2) is 5.28 Å². The Hall–Kier alpha value is -2.06. The SMILES string of the molecule is CC[C@@H](C)[C@@H](C(=O)O)N(C)/[N+]([O-])=N\OCOC(C)=O. The Morgan fingerprint density at radius 1 is 1.53 bits per heavy atom. The number of carbonyl (C=O) groups is 2. The smallest absolute Gasteiger partial charge is 0.332 e. The van der Waals surface area contributed by atoms with Gasteiger partial charge in [-0.2, -0.15) is 0 Å². The van der Waals surface area contributed by atoms with Crippen molar-refractivity contribution in [2.24, 2.45) is 11.2 Å². The van der Waals surface area contributed by atoms with E-state index in [0.717, 1.165) is 5.01 Å². The van der Waals surface area contributed by atoms with Crippen LogP contribution in [0, 0.1) is 11.1 Å². The van der Waals surface area contributed by atoms with Crippen LogP contribution in [-0.4, -0.2) is 46.9 Å². The van der Waals surface area contributed by atoms with Crippen LogP contribution in [0.25, 0.3) is 0 Å². The van der Waals surface area contributed by atoms with Gasteiger partial charge in [0.15, 0.2) is 6.04 Å². The molecule has 0 aliphatic heterocycles. The molecule has 0 spiro atoms. The minimum Gasteiger partial charge on any atom is -0.569 e. The molecule has 0 aromatic carbocycles. The Morgan fingerprint density at radius 3 is 2.53 bits per heavy atom. The lowest BCUT2D eigenvalue weighted by molar-refractivity contribution is -0.712. The number of hydrazine groups is 1. The summed E-state index contributed by atoms with van der Waals surface area (Å²) >= 11 is 0. The van der Waals surface area contributed by atoms with Gasteiger partial charge < -0.3 is 19.9 Å². The van der Waals surface area contributed by atoms with Crippen LogP contribution in [-0.2, 0) is 19.2 Å². The third kappa shape index (κ3) is 5.89. The van der Waals surface area contributed by atoms with Crippen LogP contribution < -0.4 is 0 Å². The predicted octanol–water partition coefficient (Wildman–Crippen LogP) is 0.747. The van der Waals surface area contributed by atoms with E-state index in [0.29, 0.717) is 6.42 Å². The van der Waals surface area contributed by atoms with Gasteiger partial charge in [0.05, 0.1) is 12.0 Å². The number of hydrogen-bond donors (Lipinski definition) is 1. The van der Waals surface area contributed by atoms with E-state index in [-0.39, 0.29) is 10.9 Å². The fourth-order valence-corrected chi connectivity index (χ4v) is 1.34. The van der Waals surface area contributed by atoms with Gasteiger partial charge in [0.25, 0.3) is 6.79 Å². The Bertz CT molecular complexity index is 346. The van der Waals surface area contributed by atoms with Gasteiger partial charge in [-0.15, -0.1) is 5.01 Å². The lowest BCUT2D eigenvalue weighted by atomic mass is 9.99.